The van der Waals surface area contributed by atoms with Gasteiger partial charge in [0.05, 0.1) is 18.2 Å². The van der Waals surface area contributed by atoms with Crippen molar-refractivity contribution in [3.8, 4) is 11.4 Å². The second-order valence-electron chi connectivity index (χ2n) is 9.99. The van der Waals surface area contributed by atoms with Gasteiger partial charge in [0.1, 0.15) is 6.04 Å². The van der Waals surface area contributed by atoms with Crippen molar-refractivity contribution in [2.24, 2.45) is 0 Å². The predicted octanol–water partition coefficient (Wildman–Crippen LogP) is 4.92. The van der Waals surface area contributed by atoms with Crippen molar-refractivity contribution in [2.45, 2.75) is 56.8 Å². The normalized spacial score (nSPS) is 14.7. The molecule has 0 unspecified atom stereocenters. The fraction of sp³-hybridized carbons (Fsp3) is 0.448. The highest BCUT2D eigenvalue weighted by molar-refractivity contribution is 5.95. The molecule has 1 fully saturated rings. The minimum atomic E-state index is -4.60. The Morgan fingerprint density at radius 1 is 1.10 bits per heavy atom. The third-order valence-electron chi connectivity index (χ3n) is 7.15. The molecule has 0 bridgehead atoms. The smallest absolute Gasteiger partial charge is 0.383 e. The van der Waals surface area contributed by atoms with E-state index in [-0.39, 0.29) is 29.2 Å². The molecule has 0 aliphatic heterocycles. The van der Waals surface area contributed by atoms with Gasteiger partial charge in [-0.05, 0) is 37.3 Å². The highest BCUT2D eigenvalue weighted by Gasteiger charge is 2.36. The number of halogens is 3. The lowest BCUT2D eigenvalue weighted by atomic mass is 10.0. The molecule has 1 N–H and O–H groups in total. The molecule has 1 aliphatic rings. The van der Waals surface area contributed by atoms with Gasteiger partial charge in [-0.15, -0.1) is 5.10 Å². The van der Waals surface area contributed by atoms with Crippen molar-refractivity contribution < 1.29 is 27.5 Å². The summed E-state index contributed by atoms with van der Waals surface area (Å²) in [5.41, 5.74) is 0.0255. The summed E-state index contributed by atoms with van der Waals surface area (Å²) in [6.07, 6.45) is -0.468. The molecule has 1 saturated carbocycles. The summed E-state index contributed by atoms with van der Waals surface area (Å²) in [6, 6.07) is 13.7. The zero-order valence-corrected chi connectivity index (χ0v) is 22.7. The molecule has 1 aromatic heterocycles. The fourth-order valence-electron chi connectivity index (χ4n) is 4.97. The van der Waals surface area contributed by atoms with Crippen LogP contribution in [0.5, 0.6) is 0 Å². The second kappa shape index (κ2) is 13.1. The van der Waals surface area contributed by atoms with E-state index in [4.69, 9.17) is 4.74 Å². The summed E-state index contributed by atoms with van der Waals surface area (Å²) in [4.78, 5) is 32.5. The number of aromatic nitrogens is 3. The minimum Gasteiger partial charge on any atom is -0.383 e. The topological polar surface area (TPSA) is 89.4 Å². The summed E-state index contributed by atoms with van der Waals surface area (Å²) in [5.74, 6) is -1.29. The van der Waals surface area contributed by atoms with E-state index < -0.39 is 23.7 Å². The number of nitrogens with one attached hydrogen (secondary N) is 1. The number of amides is 2. The Morgan fingerprint density at radius 3 is 2.45 bits per heavy atom. The fourth-order valence-corrected chi connectivity index (χ4v) is 4.97. The molecule has 1 heterocycles. The van der Waals surface area contributed by atoms with Crippen molar-refractivity contribution in [2.75, 3.05) is 27.3 Å². The van der Waals surface area contributed by atoms with Crippen molar-refractivity contribution in [3.05, 3.63) is 71.5 Å². The van der Waals surface area contributed by atoms with E-state index in [0.29, 0.717) is 26.0 Å². The van der Waals surface area contributed by atoms with Crippen LogP contribution >= 0.6 is 0 Å². The number of rotatable bonds is 11. The highest BCUT2D eigenvalue weighted by Crippen LogP contribution is 2.39. The van der Waals surface area contributed by atoms with E-state index >= 15 is 0 Å². The van der Waals surface area contributed by atoms with Crippen LogP contribution in [-0.2, 0) is 22.1 Å². The van der Waals surface area contributed by atoms with Crippen LogP contribution in [0, 0.1) is 0 Å². The quantitative estimate of drug-likeness (QED) is 0.362. The van der Waals surface area contributed by atoms with E-state index in [1.807, 2.05) is 30.3 Å². The number of alkyl halides is 3. The third-order valence-corrected chi connectivity index (χ3v) is 7.15. The highest BCUT2D eigenvalue weighted by atomic mass is 19.4. The van der Waals surface area contributed by atoms with Gasteiger partial charge in [0.25, 0.3) is 5.91 Å². The Balaban J connectivity index is 1.64. The Morgan fingerprint density at radius 2 is 1.77 bits per heavy atom. The monoisotopic (exact) mass is 557 g/mol. The average Bonchev–Trinajstić information content (AvgIpc) is 3.64. The molecule has 4 rings (SSSR count). The summed E-state index contributed by atoms with van der Waals surface area (Å²) >= 11 is 0. The van der Waals surface area contributed by atoms with Crippen LogP contribution in [0.25, 0.3) is 11.4 Å². The molecule has 11 heteroatoms. The number of nitrogens with zero attached hydrogens (tertiary/aromatic N) is 4. The van der Waals surface area contributed by atoms with Crippen LogP contribution < -0.4 is 5.32 Å². The Kier molecular flexibility index (Phi) is 9.57. The van der Waals surface area contributed by atoms with Gasteiger partial charge in [-0.1, -0.05) is 61.4 Å². The first-order chi connectivity index (χ1) is 19.2. The zero-order valence-electron chi connectivity index (χ0n) is 22.7. The van der Waals surface area contributed by atoms with E-state index in [1.165, 1.54) is 34.9 Å². The summed E-state index contributed by atoms with van der Waals surface area (Å²) in [5, 5.41) is 7.15. The maximum absolute atomic E-state index is 13.9. The van der Waals surface area contributed by atoms with Crippen LogP contribution in [0.4, 0.5) is 13.2 Å². The summed E-state index contributed by atoms with van der Waals surface area (Å²) < 4.78 is 48.1. The Labute approximate surface area is 231 Å². The molecule has 0 radical (unpaired) electrons. The van der Waals surface area contributed by atoms with Crippen molar-refractivity contribution in [1.29, 1.82) is 0 Å². The summed E-state index contributed by atoms with van der Waals surface area (Å²) in [6.45, 7) is 0.664. The number of carbonyl (C=O) groups is 2. The molecule has 1 atom stereocenters. The number of likely N-dealkylation sites (N-methyl/N-ethyl adjacent to an activating group) is 1. The third kappa shape index (κ3) is 7.07. The molecule has 214 valence electrons. The maximum Gasteiger partial charge on any atom is 0.417 e. The van der Waals surface area contributed by atoms with Crippen LogP contribution in [0.2, 0.25) is 0 Å². The van der Waals surface area contributed by atoms with Crippen LogP contribution in [0.3, 0.4) is 0 Å². The van der Waals surface area contributed by atoms with Gasteiger partial charge in [-0.3, -0.25) is 9.59 Å². The molecule has 0 saturated heterocycles. The lowest BCUT2D eigenvalue weighted by molar-refractivity contribution is -0.137. The molecule has 1 aliphatic carbocycles. The number of hydrogen-bond acceptors (Lipinski definition) is 5. The Hall–Kier alpha value is -3.73. The molecular weight excluding hydrogens is 523 g/mol. The maximum atomic E-state index is 13.9. The minimum absolute atomic E-state index is 0.00523. The SMILES string of the molecule is COCCN(C)C(=O)[C@H](CCc1ccccc1)NC(=O)c1nc(-c2ccccc2C(F)(F)F)n(C2CCCC2)n1. The molecular formula is C29H34F3N5O3. The number of benzene rings is 2. The zero-order chi connectivity index (χ0) is 28.7. The molecule has 40 heavy (non-hydrogen) atoms. The van der Waals surface area contributed by atoms with Gasteiger partial charge in [0.15, 0.2) is 5.82 Å². The van der Waals surface area contributed by atoms with Crippen LogP contribution in [-0.4, -0.2) is 64.8 Å². The standard InChI is InChI=1S/C29H34F3N5O3/c1-36(18-19-40-2)28(39)24(17-16-20-10-4-3-5-11-20)33-27(38)25-34-26(37(35-25)21-12-6-7-13-21)22-14-8-9-15-23(22)29(30,31)32/h3-5,8-11,14-15,21,24H,6-7,12-13,16-19H2,1-2H3,(H,33,38)/t24-/m0/s1. The number of carbonyl (C=O) groups excluding carboxylic acids is 2. The van der Waals surface area contributed by atoms with Crippen molar-refractivity contribution in [3.63, 3.8) is 0 Å². The predicted molar refractivity (Wildman–Crippen MR) is 143 cm³/mol. The second-order valence-corrected chi connectivity index (χ2v) is 9.99. The molecule has 2 amide bonds. The first-order valence-corrected chi connectivity index (χ1v) is 13.4. The lowest BCUT2D eigenvalue weighted by Crippen LogP contribution is -2.48. The van der Waals surface area contributed by atoms with Gasteiger partial charge in [-0.25, -0.2) is 9.67 Å². The molecule has 2 aromatic carbocycles. The average molecular weight is 558 g/mol. The first-order valence-electron chi connectivity index (χ1n) is 13.4. The number of ether oxygens (including phenoxy) is 1. The first kappa shape index (κ1) is 29.3. The number of methoxy groups -OCH3 is 1. The summed E-state index contributed by atoms with van der Waals surface area (Å²) in [7, 11) is 3.16. The van der Waals surface area contributed by atoms with Gasteiger partial charge < -0.3 is 15.0 Å². The van der Waals surface area contributed by atoms with Gasteiger partial charge >= 0.3 is 6.18 Å². The lowest BCUT2D eigenvalue weighted by Gasteiger charge is -2.24. The molecule has 3 aromatic rings. The van der Waals surface area contributed by atoms with E-state index in [9.17, 15) is 22.8 Å². The van der Waals surface area contributed by atoms with Gasteiger partial charge in [-0.2, -0.15) is 13.2 Å². The van der Waals surface area contributed by atoms with Crippen LogP contribution in [0.15, 0.2) is 54.6 Å². The molecule has 8 nitrogen and oxygen atoms in total. The number of aryl methyl sites for hydroxylation is 1. The van der Waals surface area contributed by atoms with Crippen molar-refractivity contribution in [1.82, 2.24) is 25.0 Å². The van der Waals surface area contributed by atoms with Gasteiger partial charge in [0, 0.05) is 26.3 Å². The number of hydrogen-bond donors (Lipinski definition) is 1. The largest absolute Gasteiger partial charge is 0.417 e. The van der Waals surface area contributed by atoms with Gasteiger partial charge in [0.2, 0.25) is 11.7 Å². The molecule has 0 spiro atoms. The Bertz CT molecular complexity index is 1290. The van der Waals surface area contributed by atoms with E-state index in [0.717, 1.165) is 37.3 Å². The van der Waals surface area contributed by atoms with E-state index in [1.54, 1.807) is 7.05 Å². The van der Waals surface area contributed by atoms with E-state index in [2.05, 4.69) is 15.4 Å². The van der Waals surface area contributed by atoms with Crippen molar-refractivity contribution >= 4 is 11.8 Å². The van der Waals surface area contributed by atoms with Crippen LogP contribution in [0.1, 0.15) is 59.9 Å².